The zero-order valence-corrected chi connectivity index (χ0v) is 7.38. The number of para-hydroxylation sites is 2. The van der Waals surface area contributed by atoms with Crippen molar-refractivity contribution >= 4 is 5.69 Å². The Kier molecular flexibility index (Phi) is 2.32. The minimum Gasteiger partial charge on any atom is -0.484 e. The summed E-state index contributed by atoms with van der Waals surface area (Å²) in [4.78, 5) is 10.1. The van der Waals surface area contributed by atoms with Gasteiger partial charge in [-0.2, -0.15) is 0 Å². The van der Waals surface area contributed by atoms with Gasteiger partial charge in [-0.25, -0.2) is 0 Å². The summed E-state index contributed by atoms with van der Waals surface area (Å²) in [5.41, 5.74) is -0.00634. The Hall–Kier alpha value is -1.62. The SMILES string of the molecule is O=[N+]([O-])c1ccccc1OC[C@@H]1CO1. The summed E-state index contributed by atoms with van der Waals surface area (Å²) in [5.74, 6) is 0.299. The Bertz CT molecular complexity index is 348. The third kappa shape index (κ3) is 2.00. The lowest BCUT2D eigenvalue weighted by molar-refractivity contribution is -0.385. The van der Waals surface area contributed by atoms with Crippen LogP contribution in [-0.2, 0) is 4.74 Å². The van der Waals surface area contributed by atoms with Gasteiger partial charge in [0.05, 0.1) is 11.5 Å². The molecule has 1 aromatic rings. The molecule has 0 saturated carbocycles. The van der Waals surface area contributed by atoms with Gasteiger partial charge in [-0.3, -0.25) is 10.1 Å². The summed E-state index contributed by atoms with van der Waals surface area (Å²) in [5, 5.41) is 10.6. The summed E-state index contributed by atoms with van der Waals surface area (Å²) < 4.78 is 10.2. The molecular formula is C9H9NO4. The van der Waals surface area contributed by atoms with Gasteiger partial charge in [0.2, 0.25) is 0 Å². The predicted molar refractivity (Wildman–Crippen MR) is 48.3 cm³/mol. The van der Waals surface area contributed by atoms with Crippen LogP contribution in [0.15, 0.2) is 24.3 Å². The van der Waals surface area contributed by atoms with Gasteiger partial charge in [0.1, 0.15) is 12.7 Å². The lowest BCUT2D eigenvalue weighted by Crippen LogP contribution is -2.05. The van der Waals surface area contributed by atoms with Crippen molar-refractivity contribution < 1.29 is 14.4 Å². The second-order valence-corrected chi connectivity index (χ2v) is 2.99. The molecule has 2 rings (SSSR count). The second kappa shape index (κ2) is 3.63. The molecule has 1 atom stereocenters. The topological polar surface area (TPSA) is 64.9 Å². The summed E-state index contributed by atoms with van der Waals surface area (Å²) in [6, 6.07) is 6.32. The van der Waals surface area contributed by atoms with Gasteiger partial charge in [0.25, 0.3) is 0 Å². The third-order valence-corrected chi connectivity index (χ3v) is 1.89. The number of epoxide rings is 1. The van der Waals surface area contributed by atoms with Crippen molar-refractivity contribution in [3.05, 3.63) is 34.4 Å². The highest BCUT2D eigenvalue weighted by molar-refractivity contribution is 5.45. The maximum atomic E-state index is 10.6. The lowest BCUT2D eigenvalue weighted by atomic mass is 10.3. The minimum atomic E-state index is -0.455. The van der Waals surface area contributed by atoms with Crippen LogP contribution in [-0.4, -0.2) is 24.2 Å². The molecule has 1 aliphatic rings. The highest BCUT2D eigenvalue weighted by Crippen LogP contribution is 2.26. The van der Waals surface area contributed by atoms with Crippen molar-refractivity contribution in [1.82, 2.24) is 0 Å². The van der Waals surface area contributed by atoms with E-state index in [2.05, 4.69) is 0 Å². The van der Waals surface area contributed by atoms with Crippen molar-refractivity contribution in [2.45, 2.75) is 6.10 Å². The lowest BCUT2D eigenvalue weighted by Gasteiger charge is -2.03. The number of rotatable bonds is 4. The number of benzene rings is 1. The van der Waals surface area contributed by atoms with E-state index in [0.717, 1.165) is 0 Å². The summed E-state index contributed by atoms with van der Waals surface area (Å²) in [7, 11) is 0. The van der Waals surface area contributed by atoms with Gasteiger partial charge >= 0.3 is 5.69 Å². The van der Waals surface area contributed by atoms with Crippen LogP contribution in [0, 0.1) is 10.1 Å². The predicted octanol–water partition coefficient (Wildman–Crippen LogP) is 1.37. The molecule has 0 bridgehead atoms. The smallest absolute Gasteiger partial charge is 0.310 e. The molecule has 1 heterocycles. The van der Waals surface area contributed by atoms with E-state index in [4.69, 9.17) is 9.47 Å². The average Bonchev–Trinajstić information content (AvgIpc) is 2.98. The van der Waals surface area contributed by atoms with Gasteiger partial charge in [-0.05, 0) is 6.07 Å². The molecule has 0 amide bonds. The Morgan fingerprint density at radius 2 is 2.29 bits per heavy atom. The molecular weight excluding hydrogens is 186 g/mol. The average molecular weight is 195 g/mol. The van der Waals surface area contributed by atoms with Crippen LogP contribution in [0.1, 0.15) is 0 Å². The first-order chi connectivity index (χ1) is 6.77. The first-order valence-corrected chi connectivity index (χ1v) is 4.25. The molecule has 0 N–H and O–H groups in total. The van der Waals surface area contributed by atoms with E-state index < -0.39 is 4.92 Å². The molecule has 0 aromatic heterocycles. The number of hydrogen-bond acceptors (Lipinski definition) is 4. The molecule has 5 heteroatoms. The molecule has 0 unspecified atom stereocenters. The molecule has 0 radical (unpaired) electrons. The monoisotopic (exact) mass is 195 g/mol. The van der Waals surface area contributed by atoms with Crippen LogP contribution in [0.2, 0.25) is 0 Å². The van der Waals surface area contributed by atoms with Crippen LogP contribution < -0.4 is 4.74 Å². The zero-order chi connectivity index (χ0) is 9.97. The molecule has 1 fully saturated rings. The van der Waals surface area contributed by atoms with Gasteiger partial charge in [-0.1, -0.05) is 12.1 Å². The third-order valence-electron chi connectivity index (χ3n) is 1.89. The van der Waals surface area contributed by atoms with E-state index in [1.165, 1.54) is 6.07 Å². The molecule has 1 aromatic carbocycles. The Balaban J connectivity index is 2.09. The first-order valence-electron chi connectivity index (χ1n) is 4.25. The Morgan fingerprint density at radius 1 is 1.57 bits per heavy atom. The largest absolute Gasteiger partial charge is 0.484 e. The van der Waals surface area contributed by atoms with E-state index in [-0.39, 0.29) is 11.8 Å². The normalized spacial score (nSPS) is 19.0. The van der Waals surface area contributed by atoms with Crippen molar-refractivity contribution in [2.24, 2.45) is 0 Å². The number of nitrogens with zero attached hydrogens (tertiary/aromatic N) is 1. The maximum absolute atomic E-state index is 10.6. The Labute approximate surface area is 80.4 Å². The standard InChI is InChI=1S/C9H9NO4/c11-10(12)8-3-1-2-4-9(8)14-6-7-5-13-7/h1-4,7H,5-6H2/t7-/m0/s1. The van der Waals surface area contributed by atoms with Gasteiger partial charge in [-0.15, -0.1) is 0 Å². The van der Waals surface area contributed by atoms with Crippen LogP contribution in [0.3, 0.4) is 0 Å². The van der Waals surface area contributed by atoms with E-state index in [1.807, 2.05) is 0 Å². The van der Waals surface area contributed by atoms with E-state index in [9.17, 15) is 10.1 Å². The van der Waals surface area contributed by atoms with Crippen LogP contribution in [0.25, 0.3) is 0 Å². The number of ether oxygens (including phenoxy) is 2. The molecule has 1 saturated heterocycles. The summed E-state index contributed by atoms with van der Waals surface area (Å²) in [6.07, 6.45) is 0.106. The molecule has 0 spiro atoms. The fraction of sp³-hybridized carbons (Fsp3) is 0.333. The first kappa shape index (κ1) is 8.96. The van der Waals surface area contributed by atoms with Crippen molar-refractivity contribution in [3.63, 3.8) is 0 Å². The number of hydrogen-bond donors (Lipinski definition) is 0. The molecule has 0 aliphatic carbocycles. The minimum absolute atomic E-state index is 0.00634. The highest BCUT2D eigenvalue weighted by Gasteiger charge is 2.24. The molecule has 14 heavy (non-hydrogen) atoms. The summed E-state index contributed by atoms with van der Waals surface area (Å²) >= 11 is 0. The summed E-state index contributed by atoms with van der Waals surface area (Å²) in [6.45, 7) is 1.06. The van der Waals surface area contributed by atoms with Crippen molar-refractivity contribution in [1.29, 1.82) is 0 Å². The van der Waals surface area contributed by atoms with Crippen LogP contribution in [0.4, 0.5) is 5.69 Å². The van der Waals surface area contributed by atoms with E-state index >= 15 is 0 Å². The van der Waals surface area contributed by atoms with Crippen molar-refractivity contribution in [2.75, 3.05) is 13.2 Å². The quantitative estimate of drug-likeness (QED) is 0.413. The van der Waals surface area contributed by atoms with Gasteiger partial charge < -0.3 is 9.47 Å². The zero-order valence-electron chi connectivity index (χ0n) is 7.38. The number of nitro benzene ring substituents is 1. The van der Waals surface area contributed by atoms with Gasteiger partial charge in [0.15, 0.2) is 5.75 Å². The number of nitro groups is 1. The fourth-order valence-corrected chi connectivity index (χ4v) is 1.08. The van der Waals surface area contributed by atoms with Crippen LogP contribution in [0.5, 0.6) is 5.75 Å². The van der Waals surface area contributed by atoms with Crippen molar-refractivity contribution in [3.8, 4) is 5.75 Å². The fourth-order valence-electron chi connectivity index (χ4n) is 1.08. The van der Waals surface area contributed by atoms with E-state index in [0.29, 0.717) is 19.0 Å². The van der Waals surface area contributed by atoms with E-state index in [1.54, 1.807) is 18.2 Å². The molecule has 74 valence electrons. The van der Waals surface area contributed by atoms with Gasteiger partial charge in [0, 0.05) is 6.07 Å². The van der Waals surface area contributed by atoms with Crippen LogP contribution >= 0.6 is 0 Å². The molecule has 1 aliphatic heterocycles. The second-order valence-electron chi connectivity index (χ2n) is 2.99. The highest BCUT2D eigenvalue weighted by atomic mass is 16.6. The molecule has 5 nitrogen and oxygen atoms in total. The maximum Gasteiger partial charge on any atom is 0.310 e. The Morgan fingerprint density at radius 3 is 2.93 bits per heavy atom.